The molecular weight excluding hydrogens is 570 g/mol. The molecule has 0 amide bonds. The van der Waals surface area contributed by atoms with Gasteiger partial charge in [0.2, 0.25) is 5.43 Å². The van der Waals surface area contributed by atoms with Gasteiger partial charge in [-0.1, -0.05) is 40.7 Å². The predicted molar refractivity (Wildman–Crippen MR) is 170 cm³/mol. The van der Waals surface area contributed by atoms with Gasteiger partial charge in [-0.2, -0.15) is 0 Å². The summed E-state index contributed by atoms with van der Waals surface area (Å²) in [5.41, 5.74) is -1.67. The Balaban J connectivity index is 1.32. The number of carbonyl (C=O) groups is 2. The van der Waals surface area contributed by atoms with Crippen LogP contribution in [0.25, 0.3) is 0 Å². The smallest absolute Gasteiger partial charge is 0.316 e. The van der Waals surface area contributed by atoms with Crippen LogP contribution in [0.3, 0.4) is 0 Å². The van der Waals surface area contributed by atoms with Crippen molar-refractivity contribution in [2.45, 2.75) is 103 Å². The number of aliphatic hydroxyl groups is 1. The van der Waals surface area contributed by atoms with Gasteiger partial charge in [-0.3, -0.25) is 19.2 Å². The molecule has 4 fully saturated rings. The molecule has 1 N–H and O–H groups in total. The first-order valence-electron chi connectivity index (χ1n) is 15.7. The van der Waals surface area contributed by atoms with Crippen LogP contribution >= 0.6 is 23.5 Å². The maximum absolute atomic E-state index is 13.6. The summed E-state index contributed by atoms with van der Waals surface area (Å²) in [5, 5.41) is 11.7. The highest BCUT2D eigenvalue weighted by atomic mass is 32.2. The molecule has 0 radical (unpaired) electrons. The SMILES string of the molecule is C=C[C@]1(C)C[C@@H](OC(=O)CSCC2CCCN2c2c(SCC)c(=O)c2=O)[C@]2(C)[C@H](C)CC[C@]3(CCC(=O)[C@H]32)[C@@H](C)[C@@H]1O. The van der Waals surface area contributed by atoms with Crippen LogP contribution in [0.4, 0.5) is 5.69 Å². The fourth-order valence-electron chi connectivity index (χ4n) is 9.17. The Bertz CT molecular complexity index is 1310. The molecule has 0 spiro atoms. The normalized spacial score (nSPS) is 40.0. The molecule has 0 aromatic heterocycles. The second-order valence-electron chi connectivity index (χ2n) is 13.8. The summed E-state index contributed by atoms with van der Waals surface area (Å²) in [5.74, 6) is 1.40. The van der Waals surface area contributed by atoms with Crippen LogP contribution in [0.1, 0.15) is 79.6 Å². The number of thioether (sulfide) groups is 2. The Morgan fingerprint density at radius 2 is 1.90 bits per heavy atom. The number of carbonyl (C=O) groups excluding carboxylic acids is 2. The average molecular weight is 618 g/mol. The lowest BCUT2D eigenvalue weighted by atomic mass is 9.44. The van der Waals surface area contributed by atoms with Gasteiger partial charge in [0, 0.05) is 41.5 Å². The van der Waals surface area contributed by atoms with Crippen molar-refractivity contribution in [1.29, 1.82) is 0 Å². The van der Waals surface area contributed by atoms with Crippen molar-refractivity contribution in [2.24, 2.45) is 34.0 Å². The molecule has 9 atom stereocenters. The maximum atomic E-state index is 13.6. The third-order valence-electron chi connectivity index (χ3n) is 11.9. The van der Waals surface area contributed by atoms with Crippen LogP contribution in [-0.4, -0.2) is 58.9 Å². The molecule has 7 nitrogen and oxygen atoms in total. The predicted octanol–water partition coefficient (Wildman–Crippen LogP) is 5.00. The third kappa shape index (κ3) is 4.84. The lowest BCUT2D eigenvalue weighted by molar-refractivity contribution is -0.205. The van der Waals surface area contributed by atoms with Gasteiger partial charge >= 0.3 is 5.97 Å². The molecule has 1 heterocycles. The molecule has 4 aliphatic rings. The van der Waals surface area contributed by atoms with Gasteiger partial charge in [-0.05, 0) is 61.5 Å². The topological polar surface area (TPSA) is 101 Å². The van der Waals surface area contributed by atoms with E-state index in [0.717, 1.165) is 44.4 Å². The van der Waals surface area contributed by atoms with Crippen LogP contribution in [0.5, 0.6) is 0 Å². The first-order valence-corrected chi connectivity index (χ1v) is 17.8. The number of aliphatic hydroxyl groups excluding tert-OH is 1. The minimum atomic E-state index is -0.684. The number of anilines is 1. The first kappa shape index (κ1) is 31.8. The number of ketones is 1. The number of hydrogen-bond donors (Lipinski definition) is 1. The Morgan fingerprint density at radius 3 is 2.60 bits per heavy atom. The van der Waals surface area contributed by atoms with Crippen LogP contribution in [0.15, 0.2) is 27.1 Å². The summed E-state index contributed by atoms with van der Waals surface area (Å²) in [6, 6.07) is 0.0944. The fraction of sp³-hybridized carbons (Fsp3) is 0.758. The highest BCUT2D eigenvalue weighted by Crippen LogP contribution is 2.68. The Hall–Kier alpha value is -1.58. The lowest BCUT2D eigenvalue weighted by Crippen LogP contribution is -2.63. The molecule has 5 rings (SSSR count). The summed E-state index contributed by atoms with van der Waals surface area (Å²) >= 11 is 2.93. The van der Waals surface area contributed by atoms with Gasteiger partial charge in [0.05, 0.1) is 16.8 Å². The zero-order chi connectivity index (χ0) is 30.6. The Kier molecular flexibility index (Phi) is 8.89. The van der Waals surface area contributed by atoms with Gasteiger partial charge in [-0.15, -0.1) is 30.1 Å². The number of esters is 1. The Labute approximate surface area is 258 Å². The van der Waals surface area contributed by atoms with Crippen LogP contribution in [0.2, 0.25) is 0 Å². The van der Waals surface area contributed by atoms with E-state index in [9.17, 15) is 24.3 Å². The average Bonchev–Trinajstić information content (AvgIpc) is 3.57. The molecule has 9 heteroatoms. The van der Waals surface area contributed by atoms with Crippen LogP contribution in [-0.2, 0) is 14.3 Å². The van der Waals surface area contributed by atoms with Gasteiger partial charge in [0.25, 0.3) is 5.43 Å². The van der Waals surface area contributed by atoms with E-state index < -0.39 is 23.0 Å². The van der Waals surface area contributed by atoms with Crippen molar-refractivity contribution >= 4 is 41.0 Å². The van der Waals surface area contributed by atoms with Gasteiger partial charge in [-0.25, -0.2) is 0 Å². The first-order chi connectivity index (χ1) is 19.9. The van der Waals surface area contributed by atoms with Crippen molar-refractivity contribution in [3.63, 3.8) is 0 Å². The van der Waals surface area contributed by atoms with Gasteiger partial charge < -0.3 is 14.7 Å². The zero-order valence-corrected chi connectivity index (χ0v) is 27.4. The van der Waals surface area contributed by atoms with E-state index in [4.69, 9.17) is 4.74 Å². The summed E-state index contributed by atoms with van der Waals surface area (Å²) in [4.78, 5) is 54.3. The monoisotopic (exact) mass is 617 g/mol. The highest BCUT2D eigenvalue weighted by Gasteiger charge is 2.68. The number of ether oxygens (including phenoxy) is 1. The van der Waals surface area contributed by atoms with Crippen molar-refractivity contribution < 1.29 is 19.4 Å². The molecule has 1 aromatic rings. The molecule has 232 valence electrons. The molecule has 3 saturated carbocycles. The third-order valence-corrected chi connectivity index (χ3v) is 13.9. The number of rotatable bonds is 9. The van der Waals surface area contributed by atoms with E-state index in [-0.39, 0.29) is 57.6 Å². The molecule has 2 bridgehead atoms. The molecule has 3 aliphatic carbocycles. The zero-order valence-electron chi connectivity index (χ0n) is 25.8. The van der Waals surface area contributed by atoms with Crippen molar-refractivity contribution in [3.8, 4) is 0 Å². The second kappa shape index (κ2) is 11.7. The molecule has 1 aromatic carbocycles. The summed E-state index contributed by atoms with van der Waals surface area (Å²) in [7, 11) is 0. The standard InChI is InChI=1S/C33H47NO6S2/c1-7-31(5)16-23(32(6)19(3)11-13-33(20(4)30(31)39)14-12-22(35)29(32)33)40-24(36)18-41-17-21-10-9-15-34(21)25-26(37)27(38)28(25)42-8-2/h7,19-21,23,29-30,39H,1,8-18H2,2-6H3/t19-,20+,21?,23-,29+,30+,31-,32+,33+/m1/s1. The summed E-state index contributed by atoms with van der Waals surface area (Å²) in [6.07, 6.45) is 6.05. The Morgan fingerprint density at radius 1 is 1.17 bits per heavy atom. The summed E-state index contributed by atoms with van der Waals surface area (Å²) < 4.78 is 6.38. The van der Waals surface area contributed by atoms with Gasteiger partial charge in [0.1, 0.15) is 17.6 Å². The summed E-state index contributed by atoms with van der Waals surface area (Å²) in [6.45, 7) is 15.3. The van der Waals surface area contributed by atoms with Crippen molar-refractivity contribution in [1.82, 2.24) is 0 Å². The van der Waals surface area contributed by atoms with Crippen molar-refractivity contribution in [3.05, 3.63) is 33.1 Å². The van der Waals surface area contributed by atoms with E-state index in [0.29, 0.717) is 29.2 Å². The van der Waals surface area contributed by atoms with E-state index >= 15 is 0 Å². The number of hydrogen-bond acceptors (Lipinski definition) is 9. The number of nitrogens with zero attached hydrogens (tertiary/aromatic N) is 1. The minimum absolute atomic E-state index is 0.0606. The molecule has 42 heavy (non-hydrogen) atoms. The van der Waals surface area contributed by atoms with Crippen molar-refractivity contribution in [2.75, 3.05) is 28.7 Å². The minimum Gasteiger partial charge on any atom is -0.461 e. The molecule has 1 saturated heterocycles. The lowest BCUT2D eigenvalue weighted by Gasteiger charge is -2.61. The quantitative estimate of drug-likeness (QED) is 0.178. The second-order valence-corrected chi connectivity index (χ2v) is 16.1. The molecule has 1 unspecified atom stereocenters. The fourth-order valence-corrected chi connectivity index (χ4v) is 11.0. The van der Waals surface area contributed by atoms with Crippen LogP contribution < -0.4 is 15.8 Å². The maximum Gasteiger partial charge on any atom is 0.316 e. The molecular formula is C33H47NO6S2. The molecule has 1 aliphatic heterocycles. The highest BCUT2D eigenvalue weighted by molar-refractivity contribution is 8.00. The largest absolute Gasteiger partial charge is 0.461 e. The van der Waals surface area contributed by atoms with E-state index in [1.165, 1.54) is 23.5 Å². The van der Waals surface area contributed by atoms with E-state index in [1.807, 2.05) is 19.9 Å². The van der Waals surface area contributed by atoms with Gasteiger partial charge in [0.15, 0.2) is 0 Å². The van der Waals surface area contributed by atoms with E-state index in [2.05, 4.69) is 32.3 Å². The van der Waals surface area contributed by atoms with E-state index in [1.54, 1.807) is 0 Å². The van der Waals surface area contributed by atoms with Crippen LogP contribution in [0, 0.1) is 34.0 Å². The number of Topliss-reactive ketones (excluding diaryl/α,β-unsaturated/α-hetero) is 1.